The van der Waals surface area contributed by atoms with Gasteiger partial charge in [-0.1, -0.05) is 12.1 Å². The minimum atomic E-state index is -0.748. The van der Waals surface area contributed by atoms with Crippen LogP contribution >= 0.6 is 31.9 Å². The number of hydrazine groups is 4. The van der Waals surface area contributed by atoms with Crippen molar-refractivity contribution in [3.63, 3.8) is 0 Å². The molecule has 2 heterocycles. The van der Waals surface area contributed by atoms with Gasteiger partial charge in [0.05, 0.1) is 67.8 Å². The van der Waals surface area contributed by atoms with Gasteiger partial charge in [0.1, 0.15) is 22.9 Å². The van der Waals surface area contributed by atoms with Crippen LogP contribution in [0.25, 0.3) is 0 Å². The highest BCUT2D eigenvalue weighted by atomic mass is 79.9. The molecule has 6 aromatic rings. The number of aryl methyl sites for hydroxylation is 2. The number of nitro groups is 4. The first-order valence-electron chi connectivity index (χ1n) is 19.5. The average Bonchev–Trinajstić information content (AvgIpc) is 3.73. The predicted molar refractivity (Wildman–Crippen MR) is 250 cm³/mol. The zero-order valence-corrected chi connectivity index (χ0v) is 38.2. The van der Waals surface area contributed by atoms with Crippen molar-refractivity contribution in [1.29, 1.82) is 0 Å². The molecule has 0 amide bonds. The Morgan fingerprint density at radius 2 is 0.909 bits per heavy atom. The molecule has 24 heteroatoms. The van der Waals surface area contributed by atoms with Crippen LogP contribution in [0.4, 0.5) is 68.2 Å². The number of halogens is 2. The molecule has 0 bridgehead atoms. The summed E-state index contributed by atoms with van der Waals surface area (Å²) in [4.78, 5) is 43.8. The lowest BCUT2D eigenvalue weighted by atomic mass is 10.1. The molecule has 0 unspecified atom stereocenters. The molecule has 2 N–H and O–H groups in total. The van der Waals surface area contributed by atoms with Gasteiger partial charge in [0.15, 0.2) is 11.4 Å². The van der Waals surface area contributed by atoms with Crippen LogP contribution in [0.2, 0.25) is 0 Å². The first kappa shape index (κ1) is 46.2. The molecule has 66 heavy (non-hydrogen) atoms. The molecule has 0 atom stereocenters. The number of benzene rings is 6. The number of nitro benzene ring substituents is 4. The van der Waals surface area contributed by atoms with Gasteiger partial charge in [-0.3, -0.25) is 50.9 Å². The maximum atomic E-state index is 11.9. The fraction of sp³-hybridized carbons (Fsp3) is 0.143. The van der Waals surface area contributed by atoms with E-state index in [-0.39, 0.29) is 22.7 Å². The van der Waals surface area contributed by atoms with Crippen LogP contribution in [0, 0.1) is 54.3 Å². The summed E-state index contributed by atoms with van der Waals surface area (Å²) in [5.41, 5.74) is 1.35. The number of anilines is 8. The van der Waals surface area contributed by atoms with E-state index in [4.69, 9.17) is 9.47 Å². The number of ether oxygens (including phenoxy) is 2. The molecular formula is C42H36Br2N10O12. The van der Waals surface area contributed by atoms with Crippen molar-refractivity contribution in [2.24, 2.45) is 0 Å². The van der Waals surface area contributed by atoms with Crippen LogP contribution in [-0.2, 0) is 0 Å². The van der Waals surface area contributed by atoms with Gasteiger partial charge in [0, 0.05) is 21.1 Å². The average molecular weight is 1030 g/mol. The van der Waals surface area contributed by atoms with E-state index in [0.717, 1.165) is 35.4 Å². The molecule has 0 saturated heterocycles. The van der Waals surface area contributed by atoms with Crippen molar-refractivity contribution < 1.29 is 39.6 Å². The summed E-state index contributed by atoms with van der Waals surface area (Å²) >= 11 is 6.98. The molecule has 6 aromatic carbocycles. The summed E-state index contributed by atoms with van der Waals surface area (Å²) in [6.45, 7) is 8.41. The fourth-order valence-corrected chi connectivity index (χ4v) is 8.43. The van der Waals surface area contributed by atoms with Gasteiger partial charge < -0.3 is 9.47 Å². The van der Waals surface area contributed by atoms with Gasteiger partial charge in [-0.2, -0.15) is 10.2 Å². The molecule has 0 fully saturated rings. The van der Waals surface area contributed by atoms with E-state index in [1.165, 1.54) is 20.3 Å². The van der Waals surface area contributed by atoms with Crippen molar-refractivity contribution in [2.45, 2.75) is 27.7 Å². The Kier molecular flexibility index (Phi) is 13.1. The second-order valence-electron chi connectivity index (χ2n) is 14.2. The smallest absolute Gasteiger partial charge is 0.304 e. The third kappa shape index (κ3) is 8.71. The summed E-state index contributed by atoms with van der Waals surface area (Å²) in [7, 11) is 0. The summed E-state index contributed by atoms with van der Waals surface area (Å²) in [5.74, 6) is 1.19. The highest BCUT2D eigenvalue weighted by molar-refractivity contribution is 9.11. The largest absolute Gasteiger partial charge is 0.494 e. The molecule has 2 aliphatic heterocycles. The van der Waals surface area contributed by atoms with Gasteiger partial charge in [-0.05, 0) is 143 Å². The normalized spacial score (nSPS) is 12.7. The number of non-ortho nitro benzene ring substituents is 2. The van der Waals surface area contributed by atoms with Crippen LogP contribution in [0.3, 0.4) is 0 Å². The van der Waals surface area contributed by atoms with Crippen molar-refractivity contribution in [3.8, 4) is 11.5 Å². The van der Waals surface area contributed by atoms with Gasteiger partial charge in [-0.25, -0.2) is 10.0 Å². The molecule has 0 saturated carbocycles. The Bertz CT molecular complexity index is 2890. The predicted octanol–water partition coefficient (Wildman–Crippen LogP) is 11.3. The quantitative estimate of drug-likeness (QED) is 0.0853. The molecular weight excluding hydrogens is 996 g/mol. The van der Waals surface area contributed by atoms with Gasteiger partial charge in [0.25, 0.3) is 11.4 Å². The van der Waals surface area contributed by atoms with Crippen LogP contribution in [-0.4, -0.2) is 43.3 Å². The van der Waals surface area contributed by atoms with E-state index in [1.54, 1.807) is 60.7 Å². The first-order chi connectivity index (χ1) is 31.4. The highest BCUT2D eigenvalue weighted by Crippen LogP contribution is 2.54. The standard InChI is InChI=1S/C22H21N5O7.C20H15Br2N5O5/c1-3-33-18-9-5-15(6-10-18)23-22-20(13-17(26(29)30)14-21(22)27(31)32)25(28)24(23)16-7-11-19(12-8-16)34-4-2;1-11-3-5-16(14(21)7-11)23-20-18(9-13(26(29)30)10-19(20)27(31)32)25(28)24(23)17-6-4-12(2)8-15(17)22/h5-14,28H,3-4H2,1-2H3;3-10,28H,1-2H3. The number of hydrogen-bond donors (Lipinski definition) is 2. The minimum Gasteiger partial charge on any atom is -0.494 e. The Hall–Kier alpha value is -7.80. The second-order valence-corrected chi connectivity index (χ2v) is 15.9. The number of nitrogens with zero attached hydrogens (tertiary/aromatic N) is 10. The summed E-state index contributed by atoms with van der Waals surface area (Å²) in [6.07, 6.45) is 0. The van der Waals surface area contributed by atoms with Crippen LogP contribution in [0.1, 0.15) is 25.0 Å². The molecule has 0 aliphatic carbocycles. The number of fused-ring (bicyclic) bond motifs is 2. The van der Waals surface area contributed by atoms with Crippen molar-refractivity contribution in [2.75, 3.05) is 43.8 Å². The molecule has 2 aliphatic rings. The Morgan fingerprint density at radius 3 is 1.32 bits per heavy atom. The van der Waals surface area contributed by atoms with E-state index in [0.29, 0.717) is 66.8 Å². The Labute approximate surface area is 390 Å². The van der Waals surface area contributed by atoms with Crippen LogP contribution in [0.5, 0.6) is 11.5 Å². The maximum Gasteiger partial charge on any atom is 0.304 e. The first-order valence-corrected chi connectivity index (χ1v) is 21.1. The van der Waals surface area contributed by atoms with E-state index in [1.807, 2.05) is 52.0 Å². The molecule has 8 rings (SSSR count). The molecule has 0 radical (unpaired) electrons. The summed E-state index contributed by atoms with van der Waals surface area (Å²) < 4.78 is 12.2. The SMILES string of the molecule is CCOc1ccc(N2c3c(cc([N+](=O)[O-])cc3[N+](=O)[O-])N(O)N2c2ccc(OCC)cc2)cc1.Cc1ccc(N2c3c(cc([N+](=O)[O-])cc3[N+](=O)[O-])N(O)N2c2ccc(C)cc2Br)c(Br)c1. The van der Waals surface area contributed by atoms with E-state index in [9.17, 15) is 50.9 Å². The van der Waals surface area contributed by atoms with Gasteiger partial charge in [0.2, 0.25) is 0 Å². The second kappa shape index (κ2) is 18.7. The maximum absolute atomic E-state index is 11.9. The highest BCUT2D eigenvalue weighted by Gasteiger charge is 2.45. The van der Waals surface area contributed by atoms with Crippen LogP contribution < -0.4 is 40.1 Å². The third-order valence-corrected chi connectivity index (χ3v) is 11.2. The van der Waals surface area contributed by atoms with Crippen molar-refractivity contribution >= 4 is 100 Å². The topological polar surface area (TPSA) is 251 Å². The van der Waals surface area contributed by atoms with Crippen molar-refractivity contribution in [3.05, 3.63) is 170 Å². The number of hydrogen-bond acceptors (Lipinski definition) is 18. The third-order valence-electron chi connectivity index (χ3n) is 9.94. The van der Waals surface area contributed by atoms with Crippen LogP contribution in [0.15, 0.2) is 118 Å². The molecule has 0 spiro atoms. The van der Waals surface area contributed by atoms with E-state index >= 15 is 0 Å². The monoisotopic (exact) mass is 1030 g/mol. The lowest BCUT2D eigenvalue weighted by Gasteiger charge is -2.34. The number of rotatable bonds is 12. The zero-order chi connectivity index (χ0) is 47.7. The minimum absolute atomic E-state index is 0.0138. The molecule has 340 valence electrons. The Balaban J connectivity index is 0.000000197. The molecule has 22 nitrogen and oxygen atoms in total. The zero-order valence-electron chi connectivity index (χ0n) is 35.0. The van der Waals surface area contributed by atoms with Gasteiger partial charge in [-0.15, -0.1) is 10.3 Å². The van der Waals surface area contributed by atoms with E-state index in [2.05, 4.69) is 31.9 Å². The fourth-order valence-electron chi connectivity index (χ4n) is 7.12. The lowest BCUT2D eigenvalue weighted by molar-refractivity contribution is -0.393. The van der Waals surface area contributed by atoms with E-state index < -0.39 is 42.4 Å². The van der Waals surface area contributed by atoms with Crippen molar-refractivity contribution in [1.82, 2.24) is 0 Å². The lowest BCUT2D eigenvalue weighted by Crippen LogP contribution is -2.45. The summed E-state index contributed by atoms with van der Waals surface area (Å²) in [5, 5.41) is 75.6. The Morgan fingerprint density at radius 1 is 0.500 bits per heavy atom. The summed E-state index contributed by atoms with van der Waals surface area (Å²) in [6, 6.07) is 28.1. The van der Waals surface area contributed by atoms with Gasteiger partial charge >= 0.3 is 11.4 Å². The molecule has 0 aromatic heterocycles.